The van der Waals surface area contributed by atoms with Crippen molar-refractivity contribution in [1.29, 1.82) is 0 Å². The van der Waals surface area contributed by atoms with Gasteiger partial charge in [0.2, 0.25) is 0 Å². The minimum atomic E-state index is -4.01. The van der Waals surface area contributed by atoms with Crippen LogP contribution < -0.4 is 14.8 Å². The molecule has 0 unspecified atom stereocenters. The number of hydrogen-bond acceptors (Lipinski definition) is 4. The van der Waals surface area contributed by atoms with E-state index in [-0.39, 0.29) is 27.7 Å². The van der Waals surface area contributed by atoms with Gasteiger partial charge in [-0.3, -0.25) is 9.52 Å². The summed E-state index contributed by atoms with van der Waals surface area (Å²) < 4.78 is 46.0. The lowest BCUT2D eigenvalue weighted by atomic mass is 10.1. The molecular formula is C22H20ClFN2O4S. The van der Waals surface area contributed by atoms with Gasteiger partial charge in [-0.15, -0.1) is 0 Å². The van der Waals surface area contributed by atoms with Gasteiger partial charge in [0.1, 0.15) is 11.6 Å². The van der Waals surface area contributed by atoms with Crippen molar-refractivity contribution in [1.82, 2.24) is 5.32 Å². The second-order valence-electron chi connectivity index (χ2n) is 6.74. The molecule has 3 rings (SSSR count). The van der Waals surface area contributed by atoms with Crippen LogP contribution in [0.3, 0.4) is 0 Å². The standard InChI is InChI=1S/C22H20ClFN2O4S/c1-14-3-4-15(11-21(14)30-2)13-25-22(27)19-12-18(9-10-20(19)23)31(28,29)26-17-7-5-16(24)6-8-17/h3-12,26H,13H2,1-2H3,(H,25,27). The highest BCUT2D eigenvalue weighted by Gasteiger charge is 2.19. The van der Waals surface area contributed by atoms with E-state index < -0.39 is 21.7 Å². The first-order valence-electron chi connectivity index (χ1n) is 9.19. The fraction of sp³-hybridized carbons (Fsp3) is 0.136. The molecule has 3 aromatic rings. The maximum atomic E-state index is 13.0. The lowest BCUT2D eigenvalue weighted by Crippen LogP contribution is -2.24. The van der Waals surface area contributed by atoms with Crippen LogP contribution in [0.1, 0.15) is 21.5 Å². The van der Waals surface area contributed by atoms with E-state index in [1.807, 2.05) is 25.1 Å². The largest absolute Gasteiger partial charge is 0.496 e. The Morgan fingerprint density at radius 1 is 1.06 bits per heavy atom. The molecule has 0 aliphatic rings. The molecule has 0 aliphatic carbocycles. The fourth-order valence-corrected chi connectivity index (χ4v) is 4.12. The van der Waals surface area contributed by atoms with Crippen molar-refractivity contribution >= 4 is 33.2 Å². The van der Waals surface area contributed by atoms with E-state index in [0.29, 0.717) is 5.75 Å². The summed E-state index contributed by atoms with van der Waals surface area (Å²) in [4.78, 5) is 12.5. The third-order valence-electron chi connectivity index (χ3n) is 4.51. The zero-order valence-electron chi connectivity index (χ0n) is 16.8. The molecule has 0 fully saturated rings. The number of rotatable bonds is 7. The number of amides is 1. The van der Waals surface area contributed by atoms with Gasteiger partial charge < -0.3 is 10.1 Å². The number of nitrogens with one attached hydrogen (secondary N) is 2. The van der Waals surface area contributed by atoms with Gasteiger partial charge in [-0.1, -0.05) is 23.7 Å². The van der Waals surface area contributed by atoms with E-state index in [0.717, 1.165) is 23.3 Å². The normalized spacial score (nSPS) is 11.1. The van der Waals surface area contributed by atoms with E-state index >= 15 is 0 Å². The maximum absolute atomic E-state index is 13.0. The molecule has 2 N–H and O–H groups in total. The van der Waals surface area contributed by atoms with Gasteiger partial charge in [0, 0.05) is 12.2 Å². The Morgan fingerprint density at radius 2 is 1.77 bits per heavy atom. The Morgan fingerprint density at radius 3 is 2.45 bits per heavy atom. The molecule has 0 radical (unpaired) electrons. The van der Waals surface area contributed by atoms with E-state index in [9.17, 15) is 17.6 Å². The molecule has 9 heteroatoms. The quantitative estimate of drug-likeness (QED) is 0.540. The number of hydrogen-bond donors (Lipinski definition) is 2. The summed E-state index contributed by atoms with van der Waals surface area (Å²) in [6.45, 7) is 2.11. The van der Waals surface area contributed by atoms with E-state index in [1.54, 1.807) is 7.11 Å². The van der Waals surface area contributed by atoms with Crippen molar-refractivity contribution in [3.8, 4) is 5.75 Å². The first-order valence-corrected chi connectivity index (χ1v) is 11.1. The van der Waals surface area contributed by atoms with E-state index in [2.05, 4.69) is 10.0 Å². The maximum Gasteiger partial charge on any atom is 0.261 e. The molecule has 31 heavy (non-hydrogen) atoms. The summed E-state index contributed by atoms with van der Waals surface area (Å²) in [5, 5.41) is 2.84. The summed E-state index contributed by atoms with van der Waals surface area (Å²) in [5.74, 6) is -0.312. The Balaban J connectivity index is 1.78. The summed E-state index contributed by atoms with van der Waals surface area (Å²) in [7, 11) is -2.44. The number of aryl methyl sites for hydroxylation is 1. The lowest BCUT2D eigenvalue weighted by molar-refractivity contribution is 0.0951. The van der Waals surface area contributed by atoms with Gasteiger partial charge >= 0.3 is 0 Å². The summed E-state index contributed by atoms with van der Waals surface area (Å²) in [6, 6.07) is 14.2. The monoisotopic (exact) mass is 462 g/mol. The zero-order chi connectivity index (χ0) is 22.6. The van der Waals surface area contributed by atoms with Crippen molar-refractivity contribution in [2.75, 3.05) is 11.8 Å². The minimum Gasteiger partial charge on any atom is -0.496 e. The van der Waals surface area contributed by atoms with E-state index in [4.69, 9.17) is 16.3 Å². The fourth-order valence-electron chi connectivity index (χ4n) is 2.83. The molecule has 0 heterocycles. The molecule has 0 saturated heterocycles. The lowest BCUT2D eigenvalue weighted by Gasteiger charge is -2.12. The number of halogens is 2. The van der Waals surface area contributed by atoms with Crippen molar-refractivity contribution in [2.45, 2.75) is 18.4 Å². The number of anilines is 1. The van der Waals surface area contributed by atoms with Crippen LogP contribution in [0.15, 0.2) is 65.6 Å². The molecule has 0 atom stereocenters. The van der Waals surface area contributed by atoms with Gasteiger partial charge in [-0.05, 0) is 66.6 Å². The molecule has 0 aromatic heterocycles. The predicted molar refractivity (Wildman–Crippen MR) is 118 cm³/mol. The second-order valence-corrected chi connectivity index (χ2v) is 8.83. The number of methoxy groups -OCH3 is 1. The van der Waals surface area contributed by atoms with Gasteiger partial charge in [0.05, 0.1) is 22.6 Å². The van der Waals surface area contributed by atoms with Crippen LogP contribution in [0.4, 0.5) is 10.1 Å². The molecule has 162 valence electrons. The molecular weight excluding hydrogens is 443 g/mol. The zero-order valence-corrected chi connectivity index (χ0v) is 18.4. The highest BCUT2D eigenvalue weighted by atomic mass is 35.5. The first-order chi connectivity index (χ1) is 14.7. The van der Waals surface area contributed by atoms with Crippen molar-refractivity contribution in [3.63, 3.8) is 0 Å². The average molecular weight is 463 g/mol. The number of carbonyl (C=O) groups excluding carboxylic acids is 1. The van der Waals surface area contributed by atoms with Crippen molar-refractivity contribution in [2.24, 2.45) is 0 Å². The van der Waals surface area contributed by atoms with Crippen molar-refractivity contribution in [3.05, 3.63) is 88.2 Å². The van der Waals surface area contributed by atoms with Crippen LogP contribution in [-0.2, 0) is 16.6 Å². The minimum absolute atomic E-state index is 0.0164. The topological polar surface area (TPSA) is 84.5 Å². The predicted octanol–water partition coefficient (Wildman–Crippen LogP) is 4.53. The molecule has 6 nitrogen and oxygen atoms in total. The third kappa shape index (κ3) is 5.53. The Bertz CT molecular complexity index is 1210. The Labute approximate surface area is 185 Å². The number of ether oxygens (including phenoxy) is 1. The van der Waals surface area contributed by atoms with E-state index in [1.165, 1.54) is 30.3 Å². The summed E-state index contributed by atoms with van der Waals surface area (Å²) in [5.41, 5.74) is 1.99. The van der Waals surface area contributed by atoms with Crippen LogP contribution in [-0.4, -0.2) is 21.4 Å². The molecule has 0 saturated carbocycles. The highest BCUT2D eigenvalue weighted by molar-refractivity contribution is 7.92. The summed E-state index contributed by atoms with van der Waals surface area (Å²) >= 11 is 6.13. The smallest absolute Gasteiger partial charge is 0.261 e. The van der Waals surface area contributed by atoms with Crippen LogP contribution in [0, 0.1) is 12.7 Å². The molecule has 3 aromatic carbocycles. The van der Waals surface area contributed by atoms with Gasteiger partial charge in [0.15, 0.2) is 0 Å². The summed E-state index contributed by atoms with van der Waals surface area (Å²) in [6.07, 6.45) is 0. The number of sulfonamides is 1. The third-order valence-corrected chi connectivity index (χ3v) is 6.22. The van der Waals surface area contributed by atoms with Gasteiger partial charge in [0.25, 0.3) is 15.9 Å². The van der Waals surface area contributed by atoms with Crippen LogP contribution in [0.25, 0.3) is 0 Å². The number of benzene rings is 3. The Kier molecular flexibility index (Phi) is 6.82. The number of carbonyl (C=O) groups is 1. The van der Waals surface area contributed by atoms with Crippen LogP contribution in [0.5, 0.6) is 5.75 Å². The average Bonchev–Trinajstić information content (AvgIpc) is 2.74. The molecule has 0 bridgehead atoms. The first kappa shape index (κ1) is 22.6. The highest BCUT2D eigenvalue weighted by Crippen LogP contribution is 2.23. The Hall–Kier alpha value is -3.10. The second kappa shape index (κ2) is 9.36. The molecule has 0 spiro atoms. The van der Waals surface area contributed by atoms with Crippen LogP contribution >= 0.6 is 11.6 Å². The van der Waals surface area contributed by atoms with Gasteiger partial charge in [-0.25, -0.2) is 12.8 Å². The molecule has 0 aliphatic heterocycles. The van der Waals surface area contributed by atoms with Gasteiger partial charge in [-0.2, -0.15) is 0 Å². The SMILES string of the molecule is COc1cc(CNC(=O)c2cc(S(=O)(=O)Nc3ccc(F)cc3)ccc2Cl)ccc1C. The molecule has 1 amide bonds. The van der Waals surface area contributed by atoms with Crippen LogP contribution in [0.2, 0.25) is 5.02 Å². The van der Waals surface area contributed by atoms with Crippen molar-refractivity contribution < 1.29 is 22.3 Å².